The van der Waals surface area contributed by atoms with Crippen LogP contribution in [0.25, 0.3) is 21.3 Å². The number of aromatic amines is 1. The fourth-order valence-electron chi connectivity index (χ4n) is 3.96. The number of hydrogen-bond donors (Lipinski definition) is 1. The van der Waals surface area contributed by atoms with Gasteiger partial charge in [-0.15, -0.1) is 11.3 Å². The first-order chi connectivity index (χ1) is 15.8. The summed E-state index contributed by atoms with van der Waals surface area (Å²) < 4.78 is 5.23. The SMILES string of the molecule is CC(=O)OCN(CCc1c[nH]c2ccccc12)C(=O)c1nc(C)sc1-c1ccc(C)cc1C. The Morgan fingerprint density at radius 2 is 1.91 bits per heavy atom. The zero-order chi connectivity index (χ0) is 23.5. The summed E-state index contributed by atoms with van der Waals surface area (Å²) in [5, 5.41) is 1.94. The van der Waals surface area contributed by atoms with Crippen molar-refractivity contribution in [1.82, 2.24) is 14.9 Å². The fraction of sp³-hybridized carbons (Fsp3) is 0.269. The van der Waals surface area contributed by atoms with Crippen LogP contribution in [0.3, 0.4) is 0 Å². The molecule has 2 heterocycles. The second-order valence-electron chi connectivity index (χ2n) is 8.17. The van der Waals surface area contributed by atoms with Gasteiger partial charge < -0.3 is 14.6 Å². The molecule has 0 aliphatic heterocycles. The number of H-pyrrole nitrogens is 1. The van der Waals surface area contributed by atoms with Crippen LogP contribution < -0.4 is 0 Å². The highest BCUT2D eigenvalue weighted by Gasteiger charge is 2.25. The summed E-state index contributed by atoms with van der Waals surface area (Å²) in [6.45, 7) is 7.62. The summed E-state index contributed by atoms with van der Waals surface area (Å²) in [4.78, 5) is 35.4. The van der Waals surface area contributed by atoms with Crippen LogP contribution >= 0.6 is 11.3 Å². The van der Waals surface area contributed by atoms with Crippen molar-refractivity contribution in [3.05, 3.63) is 76.1 Å². The van der Waals surface area contributed by atoms with E-state index in [4.69, 9.17) is 4.74 Å². The van der Waals surface area contributed by atoms with E-state index in [2.05, 4.69) is 22.1 Å². The van der Waals surface area contributed by atoms with E-state index in [9.17, 15) is 9.59 Å². The number of esters is 1. The monoisotopic (exact) mass is 461 g/mol. The van der Waals surface area contributed by atoms with Crippen molar-refractivity contribution >= 4 is 34.1 Å². The van der Waals surface area contributed by atoms with Crippen molar-refractivity contribution in [2.45, 2.75) is 34.1 Å². The van der Waals surface area contributed by atoms with Crippen LogP contribution in [0, 0.1) is 20.8 Å². The number of aryl methyl sites for hydroxylation is 3. The molecule has 0 radical (unpaired) electrons. The molecule has 0 saturated carbocycles. The zero-order valence-electron chi connectivity index (χ0n) is 19.3. The van der Waals surface area contributed by atoms with Crippen molar-refractivity contribution in [1.29, 1.82) is 0 Å². The standard InChI is InChI=1S/C26H27N3O3S/c1-16-9-10-21(17(2)13-16)25-24(28-18(3)33-25)26(31)29(15-32-19(4)30)12-11-20-14-27-23-8-6-5-7-22(20)23/h5-10,13-14,27H,11-12,15H2,1-4H3. The molecule has 2 aromatic heterocycles. The molecule has 2 aromatic carbocycles. The third-order valence-electron chi connectivity index (χ3n) is 5.60. The lowest BCUT2D eigenvalue weighted by Crippen LogP contribution is -2.36. The van der Waals surface area contributed by atoms with Crippen molar-refractivity contribution < 1.29 is 14.3 Å². The molecule has 170 valence electrons. The number of hydrogen-bond acceptors (Lipinski definition) is 5. The molecular formula is C26H27N3O3S. The van der Waals surface area contributed by atoms with Crippen molar-refractivity contribution in [3.63, 3.8) is 0 Å². The van der Waals surface area contributed by atoms with E-state index in [1.807, 2.05) is 57.3 Å². The Morgan fingerprint density at radius 1 is 1.12 bits per heavy atom. The predicted molar refractivity (Wildman–Crippen MR) is 131 cm³/mol. The Balaban J connectivity index is 1.63. The number of benzene rings is 2. The number of fused-ring (bicyclic) bond motifs is 1. The van der Waals surface area contributed by atoms with Crippen LogP contribution in [0.1, 0.15) is 39.1 Å². The summed E-state index contributed by atoms with van der Waals surface area (Å²) in [6.07, 6.45) is 2.59. The lowest BCUT2D eigenvalue weighted by Gasteiger charge is -2.22. The van der Waals surface area contributed by atoms with Gasteiger partial charge in [-0.25, -0.2) is 4.98 Å². The van der Waals surface area contributed by atoms with Gasteiger partial charge >= 0.3 is 5.97 Å². The maximum absolute atomic E-state index is 13.6. The number of thiazole rings is 1. The minimum absolute atomic E-state index is 0.112. The van der Waals surface area contributed by atoms with E-state index >= 15 is 0 Å². The molecule has 1 N–H and O–H groups in total. The third-order valence-corrected chi connectivity index (χ3v) is 6.60. The van der Waals surface area contributed by atoms with E-state index < -0.39 is 5.97 Å². The number of carbonyl (C=O) groups is 2. The highest BCUT2D eigenvalue weighted by molar-refractivity contribution is 7.15. The molecule has 0 aliphatic carbocycles. The Bertz CT molecular complexity index is 1320. The van der Waals surface area contributed by atoms with Gasteiger partial charge in [-0.3, -0.25) is 9.59 Å². The summed E-state index contributed by atoms with van der Waals surface area (Å²) in [5.41, 5.74) is 5.82. The average Bonchev–Trinajstić information content (AvgIpc) is 3.36. The number of ether oxygens (including phenoxy) is 1. The summed E-state index contributed by atoms with van der Waals surface area (Å²) in [6, 6.07) is 14.2. The minimum atomic E-state index is -0.427. The molecule has 7 heteroatoms. The summed E-state index contributed by atoms with van der Waals surface area (Å²) in [7, 11) is 0. The third kappa shape index (κ3) is 4.98. The van der Waals surface area contributed by atoms with Crippen LogP contribution in [-0.4, -0.2) is 40.0 Å². The predicted octanol–water partition coefficient (Wildman–Crippen LogP) is 5.42. The maximum Gasteiger partial charge on any atom is 0.304 e. The van der Waals surface area contributed by atoms with Crippen molar-refractivity contribution in [3.8, 4) is 10.4 Å². The lowest BCUT2D eigenvalue weighted by atomic mass is 10.0. The summed E-state index contributed by atoms with van der Waals surface area (Å²) >= 11 is 1.50. The van der Waals surface area contributed by atoms with E-state index in [1.54, 1.807) is 4.90 Å². The first-order valence-corrected chi connectivity index (χ1v) is 11.7. The first kappa shape index (κ1) is 22.7. The Kier molecular flexibility index (Phi) is 6.60. The van der Waals surface area contributed by atoms with E-state index in [0.717, 1.165) is 37.5 Å². The Labute approximate surface area is 197 Å². The number of para-hydroxylation sites is 1. The number of nitrogens with zero attached hydrogens (tertiary/aromatic N) is 2. The molecule has 0 saturated heterocycles. The van der Waals surface area contributed by atoms with Gasteiger partial charge in [-0.2, -0.15) is 0 Å². The van der Waals surface area contributed by atoms with Crippen LogP contribution in [0.5, 0.6) is 0 Å². The first-order valence-electron chi connectivity index (χ1n) is 10.9. The molecule has 6 nitrogen and oxygen atoms in total. The van der Waals surface area contributed by atoms with Gasteiger partial charge in [-0.1, -0.05) is 42.0 Å². The van der Waals surface area contributed by atoms with Gasteiger partial charge in [0.2, 0.25) is 0 Å². The molecule has 0 spiro atoms. The van der Waals surface area contributed by atoms with Gasteiger partial charge in [0.25, 0.3) is 5.91 Å². The Hall–Kier alpha value is -3.45. The van der Waals surface area contributed by atoms with Gasteiger partial charge in [0.05, 0.1) is 9.88 Å². The number of rotatable bonds is 7. The molecule has 33 heavy (non-hydrogen) atoms. The Morgan fingerprint density at radius 3 is 2.67 bits per heavy atom. The average molecular weight is 462 g/mol. The second-order valence-corrected chi connectivity index (χ2v) is 9.38. The normalized spacial score (nSPS) is 11.0. The highest BCUT2D eigenvalue weighted by atomic mass is 32.1. The van der Waals surface area contributed by atoms with Gasteiger partial charge in [-0.05, 0) is 49.9 Å². The molecular weight excluding hydrogens is 434 g/mol. The quantitative estimate of drug-likeness (QED) is 0.294. The van der Waals surface area contributed by atoms with Gasteiger partial charge in [0, 0.05) is 30.6 Å². The summed E-state index contributed by atoms with van der Waals surface area (Å²) in [5.74, 6) is -0.667. The lowest BCUT2D eigenvalue weighted by molar-refractivity contribution is -0.144. The molecule has 0 fully saturated rings. The highest BCUT2D eigenvalue weighted by Crippen LogP contribution is 2.33. The molecule has 0 bridgehead atoms. The maximum atomic E-state index is 13.6. The molecule has 0 atom stereocenters. The smallest absolute Gasteiger partial charge is 0.304 e. The van der Waals surface area contributed by atoms with Crippen LogP contribution in [0.2, 0.25) is 0 Å². The minimum Gasteiger partial charge on any atom is -0.444 e. The van der Waals surface area contributed by atoms with Crippen molar-refractivity contribution in [2.24, 2.45) is 0 Å². The number of nitrogens with one attached hydrogen (secondary N) is 1. The van der Waals surface area contributed by atoms with Crippen LogP contribution in [-0.2, 0) is 16.0 Å². The fourth-order valence-corrected chi connectivity index (χ4v) is 4.96. The van der Waals surface area contributed by atoms with E-state index in [0.29, 0.717) is 18.7 Å². The van der Waals surface area contributed by atoms with Crippen LogP contribution in [0.15, 0.2) is 48.7 Å². The number of amides is 1. The van der Waals surface area contributed by atoms with Crippen LogP contribution in [0.4, 0.5) is 0 Å². The van der Waals surface area contributed by atoms with Gasteiger partial charge in [0.1, 0.15) is 5.69 Å². The number of aromatic nitrogens is 2. The van der Waals surface area contributed by atoms with E-state index in [1.165, 1.54) is 23.8 Å². The molecule has 0 aliphatic rings. The molecule has 4 aromatic rings. The van der Waals surface area contributed by atoms with Crippen molar-refractivity contribution in [2.75, 3.05) is 13.3 Å². The molecule has 1 amide bonds. The van der Waals surface area contributed by atoms with Gasteiger partial charge in [0.15, 0.2) is 6.73 Å². The topological polar surface area (TPSA) is 75.3 Å². The number of carbonyl (C=O) groups excluding carboxylic acids is 2. The molecule has 4 rings (SSSR count). The van der Waals surface area contributed by atoms with E-state index in [-0.39, 0.29) is 12.6 Å². The second kappa shape index (κ2) is 9.58. The zero-order valence-corrected chi connectivity index (χ0v) is 20.1. The largest absolute Gasteiger partial charge is 0.444 e. The molecule has 0 unspecified atom stereocenters.